The van der Waals surface area contributed by atoms with E-state index >= 15 is 0 Å². The molecule has 0 saturated carbocycles. The highest BCUT2D eigenvalue weighted by atomic mass is 35.5. The highest BCUT2D eigenvalue weighted by Gasteiger charge is 2.48. The zero-order valence-electron chi connectivity index (χ0n) is 24.8. The van der Waals surface area contributed by atoms with Crippen LogP contribution in [0.1, 0.15) is 50.5 Å². The average Bonchev–Trinajstić information content (AvgIpc) is 3.56. The summed E-state index contributed by atoms with van der Waals surface area (Å²) in [5.74, 6) is -0.990. The maximum atomic E-state index is 13.9. The van der Waals surface area contributed by atoms with Crippen molar-refractivity contribution in [2.75, 3.05) is 12.8 Å². The second-order valence-corrected chi connectivity index (χ2v) is 12.8. The molecule has 4 rings (SSSR count). The van der Waals surface area contributed by atoms with Crippen LogP contribution in [0.5, 0.6) is 0 Å². The lowest BCUT2D eigenvalue weighted by Crippen LogP contribution is -2.65. The number of likely N-dealkylation sites (tertiary alicyclic amines) is 1. The van der Waals surface area contributed by atoms with Crippen molar-refractivity contribution in [1.82, 2.24) is 25.2 Å². The highest BCUT2D eigenvalue weighted by molar-refractivity contribution is 7.99. The fraction of sp³-hybridized carbons (Fsp3) is 0.741. The summed E-state index contributed by atoms with van der Waals surface area (Å²) >= 11 is 7.62. The largest absolute Gasteiger partial charge is 0.519 e. The molecule has 2 aliphatic heterocycles. The Kier molecular flexibility index (Phi) is 12.1. The summed E-state index contributed by atoms with van der Waals surface area (Å²) in [7, 11) is 0. The van der Waals surface area contributed by atoms with E-state index in [-0.39, 0.29) is 30.6 Å². The number of carbonyl (C=O) groups excluding carboxylic acids is 2. The Hall–Kier alpha value is -2.63. The predicted octanol–water partition coefficient (Wildman–Crippen LogP) is 1.00. The molecule has 4 heterocycles. The van der Waals surface area contributed by atoms with Crippen molar-refractivity contribution in [3.63, 3.8) is 0 Å². The van der Waals surface area contributed by atoms with Gasteiger partial charge in [-0.1, -0.05) is 5.21 Å². The van der Waals surface area contributed by atoms with Crippen LogP contribution in [-0.4, -0.2) is 107 Å². The van der Waals surface area contributed by atoms with Crippen LogP contribution in [0, 0.1) is 12.8 Å². The van der Waals surface area contributed by atoms with E-state index in [0.717, 1.165) is 24.6 Å². The number of hydrogen-bond acceptors (Lipinski definition) is 13. The van der Waals surface area contributed by atoms with Gasteiger partial charge in [0, 0.05) is 19.3 Å². The van der Waals surface area contributed by atoms with E-state index in [2.05, 4.69) is 15.6 Å². The summed E-state index contributed by atoms with van der Waals surface area (Å²) in [4.78, 5) is 40.0. The third-order valence-corrected chi connectivity index (χ3v) is 9.30. The molecule has 1 unspecified atom stereocenters. The molecule has 0 radical (unpaired) electrons. The van der Waals surface area contributed by atoms with Crippen molar-refractivity contribution in [2.24, 2.45) is 5.92 Å². The molecule has 2 aliphatic rings. The SMILES string of the molecule is CS[C@H]1OC([C@H](NC(=O)[C@@H]2CC[C@H](CCCn3ccnn3)CCN2C(=O)OCc2oc(=O)oc2C)[C@H](C)Cl)[C@H](O)[C@H](O)[C@H]1O. The Morgan fingerprint density at radius 3 is 2.61 bits per heavy atom. The first-order valence-electron chi connectivity index (χ1n) is 14.5. The van der Waals surface area contributed by atoms with Gasteiger partial charge in [0.25, 0.3) is 0 Å². The molecule has 4 N–H and O–H groups in total. The van der Waals surface area contributed by atoms with E-state index in [1.807, 2.05) is 0 Å². The number of nitrogens with zero attached hydrogens (tertiary/aromatic N) is 4. The highest BCUT2D eigenvalue weighted by Crippen LogP contribution is 2.31. The fourth-order valence-corrected chi connectivity index (χ4v) is 6.53. The zero-order valence-corrected chi connectivity index (χ0v) is 26.4. The molecule has 0 aromatic carbocycles. The average molecular weight is 662 g/mol. The Labute approximate surface area is 263 Å². The molecule has 9 atom stereocenters. The number of aliphatic hydroxyl groups is 3. The molecular formula is C27H40ClN5O10S. The zero-order chi connectivity index (χ0) is 32.0. The van der Waals surface area contributed by atoms with Crippen LogP contribution in [-0.2, 0) is 27.4 Å². The molecule has 44 heavy (non-hydrogen) atoms. The minimum atomic E-state index is -1.53. The van der Waals surface area contributed by atoms with Crippen molar-refractivity contribution < 1.29 is 43.2 Å². The van der Waals surface area contributed by atoms with Gasteiger partial charge in [0.2, 0.25) is 5.91 Å². The van der Waals surface area contributed by atoms with E-state index in [0.29, 0.717) is 25.8 Å². The molecule has 0 spiro atoms. The van der Waals surface area contributed by atoms with E-state index in [1.165, 1.54) is 11.8 Å². The van der Waals surface area contributed by atoms with Gasteiger partial charge in [0.05, 0.1) is 17.6 Å². The number of aromatic nitrogens is 3. The van der Waals surface area contributed by atoms with Crippen LogP contribution in [0.3, 0.4) is 0 Å². The minimum absolute atomic E-state index is 0.0636. The summed E-state index contributed by atoms with van der Waals surface area (Å²) in [6, 6.07) is -1.93. The molecule has 2 saturated heterocycles. The number of halogens is 1. The second kappa shape index (κ2) is 15.6. The predicted molar refractivity (Wildman–Crippen MR) is 157 cm³/mol. The van der Waals surface area contributed by atoms with Crippen molar-refractivity contribution in [1.29, 1.82) is 0 Å². The number of thioether (sulfide) groups is 1. The van der Waals surface area contributed by atoms with Crippen LogP contribution >= 0.6 is 23.4 Å². The summed E-state index contributed by atoms with van der Waals surface area (Å²) in [6.45, 7) is 3.68. The number of carbonyl (C=O) groups is 2. The van der Waals surface area contributed by atoms with Crippen molar-refractivity contribution >= 4 is 35.4 Å². The molecule has 15 nitrogen and oxygen atoms in total. The molecule has 2 aromatic rings. The summed E-state index contributed by atoms with van der Waals surface area (Å²) in [6.07, 6.45) is 2.06. The van der Waals surface area contributed by atoms with Crippen LogP contribution < -0.4 is 11.1 Å². The number of alkyl halides is 1. The molecule has 0 aliphatic carbocycles. The van der Waals surface area contributed by atoms with Crippen molar-refractivity contribution in [3.8, 4) is 0 Å². The maximum Gasteiger partial charge on any atom is 0.519 e. The van der Waals surface area contributed by atoms with Gasteiger partial charge in [-0.25, -0.2) is 9.59 Å². The first-order valence-corrected chi connectivity index (χ1v) is 16.3. The maximum absolute atomic E-state index is 13.9. The second-order valence-electron chi connectivity index (χ2n) is 11.1. The lowest BCUT2D eigenvalue weighted by Gasteiger charge is -2.44. The number of hydrogen-bond donors (Lipinski definition) is 4. The number of ether oxygens (including phenoxy) is 2. The van der Waals surface area contributed by atoms with E-state index < -0.39 is 65.1 Å². The number of aryl methyl sites for hydroxylation is 2. The molecule has 0 bridgehead atoms. The normalized spacial score (nSPS) is 29.1. The van der Waals surface area contributed by atoms with Gasteiger partial charge in [-0.05, 0) is 58.1 Å². The smallest absolute Gasteiger partial charge is 0.441 e. The van der Waals surface area contributed by atoms with Gasteiger partial charge in [0.1, 0.15) is 35.9 Å². The Balaban J connectivity index is 1.49. The third kappa shape index (κ3) is 8.34. The summed E-state index contributed by atoms with van der Waals surface area (Å²) < 4.78 is 22.8. The topological polar surface area (TPSA) is 203 Å². The van der Waals surface area contributed by atoms with Gasteiger partial charge in [-0.15, -0.1) is 28.5 Å². The monoisotopic (exact) mass is 661 g/mol. The molecule has 2 aromatic heterocycles. The third-order valence-electron chi connectivity index (χ3n) is 8.17. The van der Waals surface area contributed by atoms with Crippen molar-refractivity contribution in [3.05, 3.63) is 34.5 Å². The number of amides is 2. The van der Waals surface area contributed by atoms with Gasteiger partial charge in [0.15, 0.2) is 18.1 Å². The molecule has 246 valence electrons. The fourth-order valence-electron chi connectivity index (χ4n) is 5.65. The molecule has 2 fully saturated rings. The van der Waals surface area contributed by atoms with Crippen LogP contribution in [0.25, 0.3) is 0 Å². The van der Waals surface area contributed by atoms with Gasteiger partial charge < -0.3 is 38.9 Å². The Bertz CT molecular complexity index is 1270. The van der Waals surface area contributed by atoms with Crippen LogP contribution in [0.4, 0.5) is 4.79 Å². The first-order chi connectivity index (χ1) is 21.0. The molecule has 2 amide bonds. The number of nitrogens with one attached hydrogen (secondary N) is 1. The lowest BCUT2D eigenvalue weighted by atomic mass is 9.92. The number of rotatable bonds is 11. The Morgan fingerprint density at radius 2 is 1.98 bits per heavy atom. The Morgan fingerprint density at radius 1 is 1.20 bits per heavy atom. The van der Waals surface area contributed by atoms with E-state index in [9.17, 15) is 29.7 Å². The van der Waals surface area contributed by atoms with Crippen LogP contribution in [0.2, 0.25) is 0 Å². The summed E-state index contributed by atoms with van der Waals surface area (Å²) in [5.41, 5.74) is -0.859. The van der Waals surface area contributed by atoms with Crippen molar-refractivity contribution in [2.45, 2.75) is 106 Å². The van der Waals surface area contributed by atoms with E-state index in [4.69, 9.17) is 29.9 Å². The standard InChI is InChI=1S/C27H40ClN5O10S/c1-14(28)19(23-21(35)20(34)22(36)25(43-23)44-3)30-24(37)17-7-6-16(5-4-10-32-12-9-29-31-32)8-11-33(17)26(38)40-13-18-15(2)41-27(39)42-18/h9,12,14,16-17,19-23,25,34-36H,4-8,10-11,13H2,1-3H3,(H,30,37)/t14-,16-,17-,19+,20-,21+,22+,23?,25+/m0/s1. The lowest BCUT2D eigenvalue weighted by molar-refractivity contribution is -0.205. The first kappa shape index (κ1) is 34.2. The van der Waals surface area contributed by atoms with Gasteiger partial charge >= 0.3 is 11.9 Å². The quantitative estimate of drug-likeness (QED) is 0.249. The summed E-state index contributed by atoms with van der Waals surface area (Å²) in [5, 5.41) is 41.4. The minimum Gasteiger partial charge on any atom is -0.441 e. The van der Waals surface area contributed by atoms with E-state index in [1.54, 1.807) is 30.3 Å². The number of aliphatic hydroxyl groups excluding tert-OH is 3. The van der Waals surface area contributed by atoms with Gasteiger partial charge in [-0.3, -0.25) is 14.4 Å². The van der Waals surface area contributed by atoms with Crippen LogP contribution in [0.15, 0.2) is 26.0 Å². The molecule has 17 heteroatoms. The molecular weight excluding hydrogens is 622 g/mol. The van der Waals surface area contributed by atoms with Gasteiger partial charge in [-0.2, -0.15) is 0 Å².